The zero-order valence-electron chi connectivity index (χ0n) is 19.6. The van der Waals surface area contributed by atoms with E-state index in [1.807, 2.05) is 6.92 Å². The molecule has 8 nitrogen and oxygen atoms in total. The number of sulfonamides is 1. The first kappa shape index (κ1) is 28.0. The van der Waals surface area contributed by atoms with E-state index in [0.29, 0.717) is 5.02 Å². The molecule has 2 N–H and O–H groups in total. The minimum Gasteiger partial charge on any atom is -0.394 e. The highest BCUT2D eigenvalue weighted by Gasteiger charge is 2.30. The van der Waals surface area contributed by atoms with E-state index < -0.39 is 34.0 Å². The van der Waals surface area contributed by atoms with Crippen molar-refractivity contribution >= 4 is 33.3 Å². The van der Waals surface area contributed by atoms with E-state index in [9.17, 15) is 22.7 Å². The number of hydrogen-bond acceptors (Lipinski definition) is 5. The minimum atomic E-state index is -3.82. The fraction of sp³-hybridized carbons (Fsp3) is 0.435. The lowest BCUT2D eigenvalue weighted by Crippen LogP contribution is -2.49. The second kappa shape index (κ2) is 12.5. The van der Waals surface area contributed by atoms with Gasteiger partial charge >= 0.3 is 6.03 Å². The first-order valence-electron chi connectivity index (χ1n) is 10.7. The van der Waals surface area contributed by atoms with Gasteiger partial charge in [-0.15, -0.1) is 0 Å². The third kappa shape index (κ3) is 7.13. The molecule has 34 heavy (non-hydrogen) atoms. The molecule has 11 heteroatoms. The molecule has 0 saturated carbocycles. The van der Waals surface area contributed by atoms with Gasteiger partial charge in [-0.2, -0.15) is 4.31 Å². The predicted molar refractivity (Wildman–Crippen MR) is 130 cm³/mol. The number of urea groups is 1. The molecule has 2 aromatic rings. The molecule has 0 heterocycles. The second-order valence-corrected chi connectivity index (χ2v) is 10.6. The van der Waals surface area contributed by atoms with Crippen molar-refractivity contribution in [2.24, 2.45) is 5.92 Å². The van der Waals surface area contributed by atoms with E-state index in [0.717, 1.165) is 0 Å². The molecule has 2 aromatic carbocycles. The number of ether oxygens (including phenoxy) is 1. The molecule has 0 radical (unpaired) electrons. The molecule has 0 unspecified atom stereocenters. The maximum Gasteiger partial charge on any atom is 0.322 e. The van der Waals surface area contributed by atoms with Crippen molar-refractivity contribution in [1.82, 2.24) is 9.21 Å². The third-order valence-electron chi connectivity index (χ3n) is 5.54. The molecular weight excluding hydrogens is 485 g/mol. The molecule has 0 aliphatic carbocycles. The third-order valence-corrected chi connectivity index (χ3v) is 7.59. The number of nitrogens with zero attached hydrogens (tertiary/aromatic N) is 2. The summed E-state index contributed by atoms with van der Waals surface area (Å²) in [5, 5.41) is 12.5. The lowest BCUT2D eigenvalue weighted by Gasteiger charge is -2.34. The second-order valence-electron chi connectivity index (χ2n) is 8.09. The number of likely N-dealkylation sites (N-methyl/N-ethyl adjacent to an activating group) is 1. The van der Waals surface area contributed by atoms with E-state index in [1.54, 1.807) is 25.1 Å². The van der Waals surface area contributed by atoms with Gasteiger partial charge in [0.05, 0.1) is 29.3 Å². The Kier molecular flexibility index (Phi) is 10.3. The van der Waals surface area contributed by atoms with Crippen molar-refractivity contribution in [2.75, 3.05) is 39.2 Å². The van der Waals surface area contributed by atoms with Crippen molar-refractivity contribution in [1.29, 1.82) is 0 Å². The van der Waals surface area contributed by atoms with Gasteiger partial charge in [-0.05, 0) is 37.3 Å². The van der Waals surface area contributed by atoms with Gasteiger partial charge in [0.25, 0.3) is 0 Å². The average molecular weight is 516 g/mol. The van der Waals surface area contributed by atoms with Gasteiger partial charge in [-0.3, -0.25) is 0 Å². The summed E-state index contributed by atoms with van der Waals surface area (Å²) in [6.45, 7) is 3.30. The summed E-state index contributed by atoms with van der Waals surface area (Å²) in [6, 6.07) is 10.6. The molecule has 2 amide bonds. The van der Waals surface area contributed by atoms with E-state index >= 15 is 0 Å². The van der Waals surface area contributed by atoms with Crippen LogP contribution in [-0.2, 0) is 14.8 Å². The molecule has 2 rings (SSSR count). The summed E-state index contributed by atoms with van der Waals surface area (Å²) < 4.78 is 46.6. The summed E-state index contributed by atoms with van der Waals surface area (Å²) in [4.78, 5) is 14.3. The minimum absolute atomic E-state index is 0.0167. The van der Waals surface area contributed by atoms with Crippen LogP contribution in [-0.4, -0.2) is 74.8 Å². The Hall–Kier alpha value is -2.24. The Morgan fingerprint density at radius 1 is 1.18 bits per heavy atom. The Balaban J connectivity index is 2.15. The Bertz CT molecular complexity index is 1070. The number of para-hydroxylation sites is 1. The zero-order chi connectivity index (χ0) is 25.5. The summed E-state index contributed by atoms with van der Waals surface area (Å²) in [5.74, 6) is -0.912. The van der Waals surface area contributed by atoms with Crippen LogP contribution in [0.3, 0.4) is 0 Å². The highest BCUT2D eigenvalue weighted by molar-refractivity contribution is 7.89. The lowest BCUT2D eigenvalue weighted by atomic mass is 10.0. The number of nitrogens with one attached hydrogen (secondary N) is 1. The Morgan fingerprint density at radius 2 is 1.85 bits per heavy atom. The number of methoxy groups -OCH3 is 1. The maximum atomic E-state index is 14.0. The van der Waals surface area contributed by atoms with E-state index in [1.165, 1.54) is 53.7 Å². The van der Waals surface area contributed by atoms with Crippen LogP contribution in [0.4, 0.5) is 14.9 Å². The Morgan fingerprint density at radius 3 is 2.44 bits per heavy atom. The van der Waals surface area contributed by atoms with Crippen LogP contribution in [0.5, 0.6) is 0 Å². The lowest BCUT2D eigenvalue weighted by molar-refractivity contribution is 0.0305. The molecule has 0 saturated heterocycles. The van der Waals surface area contributed by atoms with Gasteiger partial charge in [0.15, 0.2) is 0 Å². The van der Waals surface area contributed by atoms with E-state index in [4.69, 9.17) is 16.3 Å². The van der Waals surface area contributed by atoms with Crippen molar-refractivity contribution in [3.8, 4) is 0 Å². The van der Waals surface area contributed by atoms with Crippen LogP contribution in [0.15, 0.2) is 53.4 Å². The van der Waals surface area contributed by atoms with Crippen molar-refractivity contribution < 1.29 is 27.4 Å². The number of aliphatic hydroxyl groups is 1. The monoisotopic (exact) mass is 515 g/mol. The number of rotatable bonds is 11. The van der Waals surface area contributed by atoms with Crippen molar-refractivity contribution in [3.63, 3.8) is 0 Å². The number of hydrogen-bond donors (Lipinski definition) is 2. The van der Waals surface area contributed by atoms with Crippen LogP contribution in [0.1, 0.15) is 13.8 Å². The SMILES string of the molecule is CO[C@@H](CN(C)S(=O)(=O)c1cccc(Cl)c1)[C@@H](C)CN(C(=O)Nc1ccccc1F)[C@H](C)CO. The van der Waals surface area contributed by atoms with Gasteiger partial charge < -0.3 is 20.1 Å². The number of anilines is 1. The number of carbonyl (C=O) groups excluding carboxylic acids is 1. The molecule has 3 atom stereocenters. The fourth-order valence-electron chi connectivity index (χ4n) is 3.38. The van der Waals surface area contributed by atoms with Crippen LogP contribution in [0, 0.1) is 11.7 Å². The van der Waals surface area contributed by atoms with Gasteiger partial charge in [-0.25, -0.2) is 17.6 Å². The van der Waals surface area contributed by atoms with Crippen LogP contribution in [0.25, 0.3) is 0 Å². The number of benzene rings is 2. The zero-order valence-corrected chi connectivity index (χ0v) is 21.2. The molecule has 0 spiro atoms. The van der Waals surface area contributed by atoms with E-state index in [-0.39, 0.29) is 36.2 Å². The summed E-state index contributed by atoms with van der Waals surface area (Å²) in [7, 11) is -0.920. The number of halogens is 2. The van der Waals surface area contributed by atoms with Crippen LogP contribution < -0.4 is 5.32 Å². The average Bonchev–Trinajstić information content (AvgIpc) is 2.81. The summed E-state index contributed by atoms with van der Waals surface area (Å²) >= 11 is 5.94. The number of aliphatic hydroxyl groups excluding tert-OH is 1. The van der Waals surface area contributed by atoms with Crippen LogP contribution >= 0.6 is 11.6 Å². The molecule has 0 aromatic heterocycles. The molecule has 0 bridgehead atoms. The highest BCUT2D eigenvalue weighted by Crippen LogP contribution is 2.21. The van der Waals surface area contributed by atoms with E-state index in [2.05, 4.69) is 5.32 Å². The largest absolute Gasteiger partial charge is 0.394 e. The maximum absolute atomic E-state index is 14.0. The molecule has 0 aliphatic heterocycles. The van der Waals surface area contributed by atoms with Gasteiger partial charge in [0.2, 0.25) is 10.0 Å². The summed E-state index contributed by atoms with van der Waals surface area (Å²) in [6.07, 6.45) is -0.575. The van der Waals surface area contributed by atoms with Gasteiger partial charge in [0, 0.05) is 38.2 Å². The molecule has 0 fully saturated rings. The molecular formula is C23H31ClFN3O5S. The topological polar surface area (TPSA) is 99.2 Å². The van der Waals surface area contributed by atoms with Crippen LogP contribution in [0.2, 0.25) is 5.02 Å². The first-order valence-corrected chi connectivity index (χ1v) is 12.5. The standard InChI is InChI=1S/C23H31ClFN3O5S/c1-16(13-28(17(2)15-29)23(30)26-21-11-6-5-10-20(21)25)22(33-4)14-27(3)34(31,32)19-9-7-8-18(24)12-19/h5-12,16-17,22,29H,13-15H2,1-4H3,(H,26,30)/t16-,17+,22-/m0/s1. The number of amides is 2. The van der Waals surface area contributed by atoms with Crippen molar-refractivity contribution in [2.45, 2.75) is 30.9 Å². The molecule has 0 aliphatic rings. The Labute approximate surface area is 205 Å². The molecule has 188 valence electrons. The first-order chi connectivity index (χ1) is 16.0. The predicted octanol–water partition coefficient (Wildman–Crippen LogP) is 3.67. The number of carbonyl (C=O) groups is 1. The fourth-order valence-corrected chi connectivity index (χ4v) is 4.87. The normalized spacial score (nSPS) is 14.5. The van der Waals surface area contributed by atoms with Gasteiger partial charge in [0.1, 0.15) is 5.82 Å². The smallest absolute Gasteiger partial charge is 0.322 e. The quantitative estimate of drug-likeness (QED) is 0.476. The van der Waals surface area contributed by atoms with Crippen molar-refractivity contribution in [3.05, 3.63) is 59.4 Å². The highest BCUT2D eigenvalue weighted by atomic mass is 35.5. The van der Waals surface area contributed by atoms with Gasteiger partial charge in [-0.1, -0.05) is 36.7 Å². The summed E-state index contributed by atoms with van der Waals surface area (Å²) in [5.41, 5.74) is 0.0194.